The SMILES string of the molecule is CCCCCNc1nc(N(C)Cc2ccccc2)c2ncn(CC(=O)O)c2n1.CCCCCNc1nc(N2CCOCC2)c2ncn(CC(=O)O)c2n1.O=C(O)Cn1cnc2c(Oc3cccc([N+](=O)[O-])c3)nc(NCc3ccc(C4CCCCC4)cc3)nc21. The topological polar surface area (TPSA) is 347 Å². The first-order chi connectivity index (χ1) is 43.7. The van der Waals surface area contributed by atoms with Crippen molar-refractivity contribution in [1.29, 1.82) is 0 Å². The molecule has 28 heteroatoms. The van der Waals surface area contributed by atoms with E-state index < -0.39 is 22.8 Å². The van der Waals surface area contributed by atoms with Gasteiger partial charge in [-0.2, -0.15) is 29.9 Å². The minimum atomic E-state index is -1.05. The summed E-state index contributed by atoms with van der Waals surface area (Å²) in [6, 6.07) is 24.3. The zero-order valence-electron chi connectivity index (χ0n) is 50.8. The molecule has 6 N–H and O–H groups in total. The van der Waals surface area contributed by atoms with Gasteiger partial charge in [0.05, 0.1) is 43.2 Å². The standard InChI is InChI=1S/C26H26N6O5.C20H26N6O2.C16H24N6O3/c33-22(34)15-31-16-28-23-24(31)29-26(30-25(23)37-21-8-4-7-20(13-21)32(35)36)27-14-17-9-11-19(12-10-17)18-5-2-1-3-6-18;1-3-4-8-11-21-20-23-18(25(2)12-15-9-6-5-7-10-15)17-19(24-20)26(14-22-17)13-16(27)28;1-2-3-4-5-17-16-19-14(21-6-8-25-9-7-21)13-15(20-16)22(11-18-13)10-12(23)24/h4,7-13,16,18H,1-3,5-6,14-15H2,(H,33,34)(H,27,29,30);5-7,9-10,14H,3-4,8,11-13H2,1-2H3,(H,27,28)(H,21,23,24);11H,2-10H2,1H3,(H,23,24)(H,17,19,20). The van der Waals surface area contributed by atoms with Gasteiger partial charge in [-0.25, -0.2) is 15.0 Å². The van der Waals surface area contributed by atoms with Crippen LogP contribution in [0.15, 0.2) is 97.8 Å². The number of nitro benzene ring substituents is 1. The van der Waals surface area contributed by atoms with E-state index in [0.29, 0.717) is 72.3 Å². The lowest BCUT2D eigenvalue weighted by Crippen LogP contribution is -2.37. The van der Waals surface area contributed by atoms with Gasteiger partial charge < -0.3 is 64.2 Å². The number of aromatic nitrogens is 12. The van der Waals surface area contributed by atoms with Crippen LogP contribution in [0.2, 0.25) is 0 Å². The lowest BCUT2D eigenvalue weighted by atomic mass is 9.84. The number of carboxylic acids is 3. The van der Waals surface area contributed by atoms with Crippen molar-refractivity contribution in [2.24, 2.45) is 0 Å². The van der Waals surface area contributed by atoms with Crippen LogP contribution in [0.3, 0.4) is 0 Å². The molecule has 3 aromatic carbocycles. The van der Waals surface area contributed by atoms with Crippen LogP contribution in [-0.4, -0.2) is 143 Å². The lowest BCUT2D eigenvalue weighted by Gasteiger charge is -2.28. The Hall–Kier alpha value is -10.1. The van der Waals surface area contributed by atoms with Gasteiger partial charge in [0, 0.05) is 52.4 Å². The van der Waals surface area contributed by atoms with E-state index in [9.17, 15) is 29.6 Å². The van der Waals surface area contributed by atoms with Gasteiger partial charge in [0.25, 0.3) is 11.6 Å². The number of hydrogen-bond donors (Lipinski definition) is 6. The summed E-state index contributed by atoms with van der Waals surface area (Å²) >= 11 is 0. The molecule has 1 saturated carbocycles. The highest BCUT2D eigenvalue weighted by atomic mass is 16.6. The van der Waals surface area contributed by atoms with E-state index >= 15 is 0 Å². The second kappa shape index (κ2) is 31.7. The fourth-order valence-corrected chi connectivity index (χ4v) is 10.5. The van der Waals surface area contributed by atoms with E-state index in [2.05, 4.69) is 116 Å². The maximum absolute atomic E-state index is 11.3. The monoisotopic (exact) mass is 1230 g/mol. The third kappa shape index (κ3) is 17.6. The molecule has 0 atom stereocenters. The van der Waals surface area contributed by atoms with E-state index in [1.165, 1.54) is 84.0 Å². The maximum Gasteiger partial charge on any atom is 0.323 e. The van der Waals surface area contributed by atoms with Crippen molar-refractivity contribution in [2.45, 2.75) is 123 Å². The summed E-state index contributed by atoms with van der Waals surface area (Å²) in [4.78, 5) is 88.6. The minimum absolute atomic E-state index is 0.0600. The van der Waals surface area contributed by atoms with Crippen LogP contribution >= 0.6 is 0 Å². The van der Waals surface area contributed by atoms with Crippen LogP contribution in [0.1, 0.15) is 107 Å². The smallest absolute Gasteiger partial charge is 0.323 e. The quantitative estimate of drug-likeness (QED) is 0.0158. The van der Waals surface area contributed by atoms with Gasteiger partial charge in [-0.1, -0.05) is 119 Å². The molecule has 0 amide bonds. The fourth-order valence-electron chi connectivity index (χ4n) is 10.5. The number of carboxylic acid groups (broad SMARTS) is 3. The van der Waals surface area contributed by atoms with Crippen molar-refractivity contribution >= 4 is 86.6 Å². The van der Waals surface area contributed by atoms with Crippen molar-refractivity contribution in [3.8, 4) is 11.6 Å². The number of unbranched alkanes of at least 4 members (excludes halogenated alkanes) is 4. The molecule has 0 unspecified atom stereocenters. The fraction of sp³-hybridized carbons (Fsp3) is 0.419. The number of hydrogen-bond acceptors (Lipinski definition) is 21. The minimum Gasteiger partial charge on any atom is -0.480 e. The van der Waals surface area contributed by atoms with E-state index in [1.807, 2.05) is 30.1 Å². The maximum atomic E-state index is 11.3. The van der Waals surface area contributed by atoms with Crippen molar-refractivity contribution in [3.05, 3.63) is 125 Å². The molecule has 1 aliphatic carbocycles. The Kier molecular flexibility index (Phi) is 22.7. The first kappa shape index (κ1) is 64.4. The zero-order valence-corrected chi connectivity index (χ0v) is 50.8. The molecule has 90 heavy (non-hydrogen) atoms. The number of ether oxygens (including phenoxy) is 2. The van der Waals surface area contributed by atoms with Gasteiger partial charge >= 0.3 is 17.9 Å². The van der Waals surface area contributed by atoms with Crippen LogP contribution in [0, 0.1) is 10.1 Å². The first-order valence-electron chi connectivity index (χ1n) is 30.4. The van der Waals surface area contributed by atoms with Gasteiger partial charge in [0.15, 0.2) is 45.1 Å². The van der Waals surface area contributed by atoms with Gasteiger partial charge in [-0.05, 0) is 54.4 Å². The van der Waals surface area contributed by atoms with Crippen LogP contribution in [0.25, 0.3) is 33.5 Å². The molecule has 2 aliphatic rings. The highest BCUT2D eigenvalue weighted by molar-refractivity contribution is 5.87. The highest BCUT2D eigenvalue weighted by Crippen LogP contribution is 2.34. The largest absolute Gasteiger partial charge is 0.480 e. The van der Waals surface area contributed by atoms with E-state index in [1.54, 1.807) is 10.6 Å². The van der Waals surface area contributed by atoms with Crippen molar-refractivity contribution < 1.29 is 44.1 Å². The summed E-state index contributed by atoms with van der Waals surface area (Å²) in [7, 11) is 1.95. The number of anilines is 5. The predicted molar refractivity (Wildman–Crippen MR) is 339 cm³/mol. The second-order valence-electron chi connectivity index (χ2n) is 21.9. The zero-order chi connectivity index (χ0) is 63.4. The van der Waals surface area contributed by atoms with E-state index in [0.717, 1.165) is 81.6 Å². The number of aliphatic carboxylic acids is 3. The van der Waals surface area contributed by atoms with Crippen LogP contribution in [0.4, 0.5) is 35.2 Å². The Balaban J connectivity index is 0.000000164. The van der Waals surface area contributed by atoms with Crippen LogP contribution in [0.5, 0.6) is 11.6 Å². The number of nitrogens with one attached hydrogen (secondary N) is 3. The third-order valence-electron chi connectivity index (χ3n) is 15.1. The normalized spacial score (nSPS) is 13.3. The molecule has 6 aromatic heterocycles. The number of imidazole rings is 3. The first-order valence-corrected chi connectivity index (χ1v) is 30.4. The number of fused-ring (bicyclic) bond motifs is 3. The van der Waals surface area contributed by atoms with Crippen molar-refractivity contribution in [3.63, 3.8) is 0 Å². The molecule has 9 aromatic rings. The van der Waals surface area contributed by atoms with Crippen LogP contribution in [-0.2, 0) is 51.8 Å². The van der Waals surface area contributed by atoms with Gasteiger partial charge in [-0.3, -0.25) is 24.5 Å². The Morgan fingerprint density at radius 3 is 1.79 bits per heavy atom. The Morgan fingerprint density at radius 1 is 0.644 bits per heavy atom. The Morgan fingerprint density at radius 2 is 1.20 bits per heavy atom. The molecule has 28 nitrogen and oxygen atoms in total. The van der Waals surface area contributed by atoms with Gasteiger partial charge in [0.2, 0.25) is 17.8 Å². The molecule has 0 bridgehead atoms. The number of non-ortho nitro benzene ring substituents is 1. The van der Waals surface area contributed by atoms with Crippen molar-refractivity contribution in [1.82, 2.24) is 58.6 Å². The molecule has 1 saturated heterocycles. The van der Waals surface area contributed by atoms with E-state index in [-0.39, 0.29) is 54.1 Å². The summed E-state index contributed by atoms with van der Waals surface area (Å²) in [5, 5.41) is 48.4. The average molecular weight is 1230 g/mol. The van der Waals surface area contributed by atoms with Gasteiger partial charge in [-0.15, -0.1) is 0 Å². The lowest BCUT2D eigenvalue weighted by molar-refractivity contribution is -0.384. The number of nitro groups is 1. The van der Waals surface area contributed by atoms with Crippen LogP contribution < -0.4 is 30.5 Å². The number of nitrogens with zero attached hydrogens (tertiary/aromatic N) is 15. The van der Waals surface area contributed by atoms with Gasteiger partial charge in [0.1, 0.15) is 25.4 Å². The molecule has 11 rings (SSSR count). The molecule has 7 heterocycles. The summed E-state index contributed by atoms with van der Waals surface area (Å²) in [6.07, 6.45) is 17.4. The Labute approximate surface area is 518 Å². The molecular weight excluding hydrogens is 1160 g/mol. The average Bonchev–Trinajstić information content (AvgIpc) is 1.97. The van der Waals surface area contributed by atoms with Crippen molar-refractivity contribution in [2.75, 3.05) is 72.2 Å². The second-order valence-corrected chi connectivity index (χ2v) is 21.9. The molecule has 2 fully saturated rings. The number of benzene rings is 3. The molecule has 1 aliphatic heterocycles. The number of morpholine rings is 1. The number of rotatable bonds is 27. The molecular formula is C62H76N18O10. The number of carbonyl (C=O) groups is 3. The molecule has 0 spiro atoms. The summed E-state index contributed by atoms with van der Waals surface area (Å²) in [5.74, 6) is 0.607. The summed E-state index contributed by atoms with van der Waals surface area (Å²) in [6.45, 7) is 9.01. The Bertz CT molecular complexity index is 3850. The van der Waals surface area contributed by atoms with E-state index in [4.69, 9.17) is 19.7 Å². The highest BCUT2D eigenvalue weighted by Gasteiger charge is 2.24. The summed E-state index contributed by atoms with van der Waals surface area (Å²) < 4.78 is 15.7. The third-order valence-corrected chi connectivity index (χ3v) is 15.1. The molecule has 474 valence electrons. The predicted octanol–water partition coefficient (Wildman–Crippen LogP) is 9.77. The summed E-state index contributed by atoms with van der Waals surface area (Å²) in [5.41, 5.74) is 6.23. The molecule has 0 radical (unpaired) electrons.